The van der Waals surface area contributed by atoms with Crippen molar-refractivity contribution in [2.75, 3.05) is 10.0 Å². The van der Waals surface area contributed by atoms with Crippen molar-refractivity contribution in [3.8, 4) is 0 Å². The van der Waals surface area contributed by atoms with Crippen molar-refractivity contribution in [2.45, 2.75) is 18.4 Å². The van der Waals surface area contributed by atoms with Gasteiger partial charge in [0.2, 0.25) is 0 Å². The molecule has 2 N–H and O–H groups in total. The van der Waals surface area contributed by atoms with Crippen molar-refractivity contribution in [3.63, 3.8) is 0 Å². The van der Waals surface area contributed by atoms with Crippen LogP contribution in [0.1, 0.15) is 11.1 Å². The first-order chi connectivity index (χ1) is 12.0. The summed E-state index contributed by atoms with van der Waals surface area (Å²) in [5, 5.41) is 3.28. The molecule has 0 atom stereocenters. The van der Waals surface area contributed by atoms with Crippen LogP contribution >= 0.6 is 0 Å². The van der Waals surface area contributed by atoms with Crippen LogP contribution in [0.4, 0.5) is 11.5 Å². The van der Waals surface area contributed by atoms with E-state index in [1.165, 1.54) is 11.1 Å². The van der Waals surface area contributed by atoms with Gasteiger partial charge in [0.05, 0.1) is 16.8 Å². The Hall–Kier alpha value is -2.86. The molecule has 0 radical (unpaired) electrons. The van der Waals surface area contributed by atoms with E-state index in [9.17, 15) is 8.42 Å². The summed E-state index contributed by atoms with van der Waals surface area (Å²) in [7, 11) is -3.62. The fourth-order valence-corrected chi connectivity index (χ4v) is 3.39. The molecule has 0 aliphatic rings. The van der Waals surface area contributed by atoms with Gasteiger partial charge in [-0.15, -0.1) is 0 Å². The summed E-state index contributed by atoms with van der Waals surface area (Å²) in [4.78, 5) is 4.38. The number of hydrogen-bond acceptors (Lipinski definition) is 4. The van der Waals surface area contributed by atoms with Gasteiger partial charge >= 0.3 is 0 Å². The van der Waals surface area contributed by atoms with E-state index in [0.29, 0.717) is 6.54 Å². The molecule has 6 heteroatoms. The van der Waals surface area contributed by atoms with E-state index in [1.807, 2.05) is 12.1 Å². The number of aromatic nitrogens is 1. The highest BCUT2D eigenvalue weighted by Gasteiger charge is 2.13. The van der Waals surface area contributed by atoms with Crippen molar-refractivity contribution in [3.05, 3.63) is 84.1 Å². The molecule has 2 aromatic carbocycles. The smallest absolute Gasteiger partial charge is 0.263 e. The molecule has 0 unspecified atom stereocenters. The first-order valence-electron chi connectivity index (χ1n) is 7.87. The zero-order valence-electron chi connectivity index (χ0n) is 13.8. The lowest BCUT2D eigenvalue weighted by Gasteiger charge is -2.10. The summed E-state index contributed by atoms with van der Waals surface area (Å²) < 4.78 is 27.0. The molecule has 25 heavy (non-hydrogen) atoms. The third-order valence-electron chi connectivity index (χ3n) is 3.80. The molecule has 0 saturated carbocycles. The van der Waals surface area contributed by atoms with Crippen molar-refractivity contribution >= 4 is 21.5 Å². The van der Waals surface area contributed by atoms with Gasteiger partial charge in [-0.2, -0.15) is 0 Å². The quantitative estimate of drug-likeness (QED) is 0.707. The van der Waals surface area contributed by atoms with Crippen LogP contribution in [-0.4, -0.2) is 13.4 Å². The Morgan fingerprint density at radius 3 is 2.32 bits per heavy atom. The van der Waals surface area contributed by atoms with Crippen molar-refractivity contribution in [1.29, 1.82) is 0 Å². The fourth-order valence-electron chi connectivity index (χ4n) is 2.36. The molecule has 0 aliphatic carbocycles. The van der Waals surface area contributed by atoms with E-state index >= 15 is 0 Å². The highest BCUT2D eigenvalue weighted by Crippen LogP contribution is 2.16. The Balaban J connectivity index is 1.65. The summed E-state index contributed by atoms with van der Waals surface area (Å²) in [6.07, 6.45) is 1.61. The summed E-state index contributed by atoms with van der Waals surface area (Å²) in [6, 6.07) is 19.8. The molecule has 1 heterocycles. The van der Waals surface area contributed by atoms with Gasteiger partial charge in [0.15, 0.2) is 0 Å². The van der Waals surface area contributed by atoms with E-state index in [2.05, 4.69) is 34.1 Å². The minimum Gasteiger partial charge on any atom is -0.380 e. The van der Waals surface area contributed by atoms with Crippen LogP contribution in [0.5, 0.6) is 0 Å². The SMILES string of the molecule is Cc1ccccc1CNc1ccc(NS(=O)(=O)c2ccccc2)nc1. The van der Waals surface area contributed by atoms with Crippen LogP contribution in [-0.2, 0) is 16.6 Å². The van der Waals surface area contributed by atoms with E-state index in [0.717, 1.165) is 5.69 Å². The molecule has 0 spiro atoms. The maximum absolute atomic E-state index is 12.3. The number of rotatable bonds is 6. The van der Waals surface area contributed by atoms with Gasteiger partial charge in [-0.1, -0.05) is 42.5 Å². The van der Waals surface area contributed by atoms with Gasteiger partial charge in [0.1, 0.15) is 5.82 Å². The second kappa shape index (κ2) is 7.36. The fraction of sp³-hybridized carbons (Fsp3) is 0.105. The number of nitrogens with one attached hydrogen (secondary N) is 2. The monoisotopic (exact) mass is 353 g/mol. The lowest BCUT2D eigenvalue weighted by molar-refractivity contribution is 0.601. The molecule has 0 bridgehead atoms. The second-order valence-electron chi connectivity index (χ2n) is 5.63. The summed E-state index contributed by atoms with van der Waals surface area (Å²) >= 11 is 0. The maximum Gasteiger partial charge on any atom is 0.263 e. The molecular formula is C19H19N3O2S. The summed E-state index contributed by atoms with van der Waals surface area (Å²) in [5.74, 6) is 0.283. The van der Waals surface area contributed by atoms with Gasteiger partial charge < -0.3 is 5.32 Å². The van der Waals surface area contributed by atoms with E-state index in [1.54, 1.807) is 48.7 Å². The Labute approximate surface area is 147 Å². The van der Waals surface area contributed by atoms with Gasteiger partial charge in [0.25, 0.3) is 10.0 Å². The number of nitrogens with zero attached hydrogens (tertiary/aromatic N) is 1. The number of aryl methyl sites for hydroxylation is 1. The van der Waals surface area contributed by atoms with Crippen molar-refractivity contribution in [2.24, 2.45) is 0 Å². The Kier molecular flexibility index (Phi) is 5.00. The van der Waals surface area contributed by atoms with Gasteiger partial charge in [-0.25, -0.2) is 13.4 Å². The lowest BCUT2D eigenvalue weighted by atomic mass is 10.1. The third kappa shape index (κ3) is 4.36. The molecule has 3 aromatic rings. The molecule has 0 saturated heterocycles. The average molecular weight is 353 g/mol. The van der Waals surface area contributed by atoms with Crippen LogP contribution in [0.3, 0.4) is 0 Å². The topological polar surface area (TPSA) is 71.1 Å². The number of anilines is 2. The van der Waals surface area contributed by atoms with Crippen molar-refractivity contribution in [1.82, 2.24) is 4.98 Å². The van der Waals surface area contributed by atoms with Crippen LogP contribution in [0.25, 0.3) is 0 Å². The highest BCUT2D eigenvalue weighted by molar-refractivity contribution is 7.92. The van der Waals surface area contributed by atoms with E-state index in [4.69, 9.17) is 0 Å². The summed E-state index contributed by atoms with van der Waals surface area (Å²) in [6.45, 7) is 2.75. The zero-order valence-corrected chi connectivity index (χ0v) is 14.6. The number of pyridine rings is 1. The highest BCUT2D eigenvalue weighted by atomic mass is 32.2. The van der Waals surface area contributed by atoms with E-state index in [-0.39, 0.29) is 10.7 Å². The average Bonchev–Trinajstić information content (AvgIpc) is 2.63. The minimum atomic E-state index is -3.62. The van der Waals surface area contributed by atoms with E-state index < -0.39 is 10.0 Å². The number of benzene rings is 2. The van der Waals surface area contributed by atoms with Crippen LogP contribution < -0.4 is 10.0 Å². The molecule has 0 aliphatic heterocycles. The van der Waals surface area contributed by atoms with Gasteiger partial charge in [-0.3, -0.25) is 4.72 Å². The van der Waals surface area contributed by atoms with Gasteiger partial charge in [0, 0.05) is 6.54 Å². The van der Waals surface area contributed by atoms with Crippen LogP contribution in [0.2, 0.25) is 0 Å². The molecule has 1 aromatic heterocycles. The van der Waals surface area contributed by atoms with Crippen molar-refractivity contribution < 1.29 is 8.42 Å². The molecule has 0 amide bonds. The first kappa shape index (κ1) is 17.0. The predicted molar refractivity (Wildman–Crippen MR) is 100.0 cm³/mol. The largest absolute Gasteiger partial charge is 0.380 e. The second-order valence-corrected chi connectivity index (χ2v) is 7.31. The summed E-state index contributed by atoms with van der Waals surface area (Å²) in [5.41, 5.74) is 3.25. The number of sulfonamides is 1. The molecular weight excluding hydrogens is 334 g/mol. The minimum absolute atomic E-state index is 0.207. The Morgan fingerprint density at radius 2 is 1.64 bits per heavy atom. The lowest BCUT2D eigenvalue weighted by Crippen LogP contribution is -2.13. The molecule has 0 fully saturated rings. The predicted octanol–water partition coefficient (Wildman–Crippen LogP) is 3.80. The standard InChI is InChI=1S/C19H19N3O2S/c1-15-7-5-6-8-16(15)13-20-17-11-12-19(21-14-17)22-25(23,24)18-9-3-2-4-10-18/h2-12,14,20H,13H2,1H3,(H,21,22). The normalized spacial score (nSPS) is 11.1. The number of hydrogen-bond donors (Lipinski definition) is 2. The molecule has 128 valence electrons. The zero-order chi connectivity index (χ0) is 17.7. The molecule has 5 nitrogen and oxygen atoms in total. The maximum atomic E-state index is 12.3. The molecule has 3 rings (SSSR count). The van der Waals surface area contributed by atoms with Gasteiger partial charge in [-0.05, 0) is 42.3 Å². The Bertz CT molecular complexity index is 940. The first-order valence-corrected chi connectivity index (χ1v) is 9.35. The van der Waals surface area contributed by atoms with Crippen LogP contribution in [0, 0.1) is 6.92 Å². The van der Waals surface area contributed by atoms with Crippen LogP contribution in [0.15, 0.2) is 77.8 Å². The Morgan fingerprint density at radius 1 is 0.920 bits per heavy atom. The third-order valence-corrected chi connectivity index (χ3v) is 5.17.